The maximum Gasteiger partial charge on any atom is 0.416 e. The van der Waals surface area contributed by atoms with Crippen LogP contribution in [0.15, 0.2) is 42.7 Å². The number of rotatable bonds is 6. The summed E-state index contributed by atoms with van der Waals surface area (Å²) in [6, 6.07) is 7.02. The second-order valence-corrected chi connectivity index (χ2v) is 10.1. The van der Waals surface area contributed by atoms with Crippen LogP contribution in [0.3, 0.4) is 0 Å². The van der Waals surface area contributed by atoms with Gasteiger partial charge in [-0.3, -0.25) is 9.69 Å². The Hall–Kier alpha value is -3.48. The molecule has 0 bridgehead atoms. The van der Waals surface area contributed by atoms with Crippen LogP contribution in [0.2, 0.25) is 0 Å². The van der Waals surface area contributed by atoms with E-state index in [1.165, 1.54) is 25.2 Å². The summed E-state index contributed by atoms with van der Waals surface area (Å²) in [5.41, 5.74) is -5.08. The SMILES string of the molecule is Cn1cnnc1C(F)(F)[C@](C)(F)c1cccc(N2Cc3c(cc(CN4CC[C@H](F)C4)cc3C(F)(F)F)C2=O)c1. The van der Waals surface area contributed by atoms with E-state index < -0.39 is 53.3 Å². The van der Waals surface area contributed by atoms with Crippen molar-refractivity contribution in [2.24, 2.45) is 7.05 Å². The molecule has 208 valence electrons. The summed E-state index contributed by atoms with van der Waals surface area (Å²) in [7, 11) is 1.24. The van der Waals surface area contributed by atoms with Crippen molar-refractivity contribution in [3.8, 4) is 0 Å². The molecule has 2 aromatic carbocycles. The molecule has 0 spiro atoms. The standard InChI is InChI=1S/C26H24F7N5O/c1-24(28,25(29,30)23-35-34-14-36(23)2)16-4-3-5-18(10-16)38-13-20-19(22(38)39)8-15(9-21(20)26(31,32)33)11-37-7-6-17(27)12-37/h3-5,8-10,14,17H,6-7,11-13H2,1-2H3/t17-,24+/m0/s1. The number of anilines is 1. The molecule has 13 heteroatoms. The van der Waals surface area contributed by atoms with Gasteiger partial charge in [-0.1, -0.05) is 12.1 Å². The zero-order chi connectivity index (χ0) is 28.3. The van der Waals surface area contributed by atoms with Gasteiger partial charge in [-0.05, 0) is 54.3 Å². The summed E-state index contributed by atoms with van der Waals surface area (Å²) in [5, 5.41) is 6.71. The van der Waals surface area contributed by atoms with Gasteiger partial charge in [0.25, 0.3) is 5.91 Å². The van der Waals surface area contributed by atoms with E-state index in [1.807, 2.05) is 0 Å². The molecule has 3 heterocycles. The molecule has 1 fully saturated rings. The number of carbonyl (C=O) groups excluding carboxylic acids is 1. The zero-order valence-corrected chi connectivity index (χ0v) is 20.9. The summed E-state index contributed by atoms with van der Waals surface area (Å²) in [4.78, 5) is 16.0. The zero-order valence-electron chi connectivity index (χ0n) is 20.9. The number of benzene rings is 2. The predicted molar refractivity (Wildman–Crippen MR) is 127 cm³/mol. The molecule has 0 radical (unpaired) electrons. The van der Waals surface area contributed by atoms with Crippen LogP contribution in [-0.2, 0) is 37.9 Å². The molecule has 3 aromatic rings. The fraction of sp³-hybridized carbons (Fsp3) is 0.423. The second kappa shape index (κ2) is 9.32. The summed E-state index contributed by atoms with van der Waals surface area (Å²) in [5.74, 6) is -5.82. The molecule has 1 aromatic heterocycles. The van der Waals surface area contributed by atoms with Crippen LogP contribution in [0.25, 0.3) is 0 Å². The molecule has 0 aliphatic carbocycles. The molecule has 39 heavy (non-hydrogen) atoms. The van der Waals surface area contributed by atoms with E-state index in [0.29, 0.717) is 13.5 Å². The maximum atomic E-state index is 15.8. The largest absolute Gasteiger partial charge is 0.416 e. The van der Waals surface area contributed by atoms with Crippen molar-refractivity contribution < 1.29 is 35.5 Å². The third-order valence-corrected chi connectivity index (χ3v) is 7.31. The average Bonchev–Trinajstić information content (AvgIpc) is 3.57. The van der Waals surface area contributed by atoms with Crippen LogP contribution >= 0.6 is 0 Å². The number of fused-ring (bicyclic) bond motifs is 1. The smallest absolute Gasteiger partial charge is 0.316 e. The third kappa shape index (κ3) is 4.66. The van der Waals surface area contributed by atoms with E-state index in [1.54, 1.807) is 4.90 Å². The van der Waals surface area contributed by atoms with Crippen LogP contribution in [0.4, 0.5) is 36.4 Å². The number of nitrogens with zero attached hydrogens (tertiary/aromatic N) is 5. The van der Waals surface area contributed by atoms with Crippen LogP contribution < -0.4 is 4.90 Å². The third-order valence-electron chi connectivity index (χ3n) is 7.31. The monoisotopic (exact) mass is 555 g/mol. The lowest BCUT2D eigenvalue weighted by Crippen LogP contribution is -2.39. The van der Waals surface area contributed by atoms with Gasteiger partial charge in [-0.2, -0.15) is 22.0 Å². The van der Waals surface area contributed by atoms with Crippen molar-refractivity contribution in [3.05, 3.63) is 76.4 Å². The first-order valence-electron chi connectivity index (χ1n) is 12.1. The highest BCUT2D eigenvalue weighted by Crippen LogP contribution is 2.48. The minimum atomic E-state index is -4.78. The number of amides is 1. The Bertz CT molecular complexity index is 1420. The Morgan fingerprint density at radius 3 is 2.44 bits per heavy atom. The van der Waals surface area contributed by atoms with Crippen LogP contribution in [0.5, 0.6) is 0 Å². The van der Waals surface area contributed by atoms with E-state index in [9.17, 15) is 22.4 Å². The Kier molecular flexibility index (Phi) is 6.47. The van der Waals surface area contributed by atoms with Crippen LogP contribution in [0, 0.1) is 0 Å². The predicted octanol–water partition coefficient (Wildman–Crippen LogP) is 5.51. The topological polar surface area (TPSA) is 54.3 Å². The molecule has 2 atom stereocenters. The highest BCUT2D eigenvalue weighted by Gasteiger charge is 2.57. The van der Waals surface area contributed by atoms with Crippen molar-refractivity contribution in [1.82, 2.24) is 19.7 Å². The first-order valence-corrected chi connectivity index (χ1v) is 12.1. The van der Waals surface area contributed by atoms with Crippen molar-refractivity contribution >= 4 is 11.6 Å². The first kappa shape index (κ1) is 27.1. The number of halogens is 7. The summed E-state index contributed by atoms with van der Waals surface area (Å²) < 4.78 is 103. The molecule has 6 nitrogen and oxygen atoms in total. The molecule has 1 saturated heterocycles. The van der Waals surface area contributed by atoms with Gasteiger partial charge in [0.05, 0.1) is 12.1 Å². The van der Waals surface area contributed by atoms with Gasteiger partial charge in [0.1, 0.15) is 12.5 Å². The molecular weight excluding hydrogens is 531 g/mol. The van der Waals surface area contributed by atoms with Gasteiger partial charge in [0.15, 0.2) is 0 Å². The van der Waals surface area contributed by atoms with Crippen molar-refractivity contribution in [3.63, 3.8) is 0 Å². The fourth-order valence-corrected chi connectivity index (χ4v) is 5.13. The molecule has 2 aliphatic rings. The minimum Gasteiger partial charge on any atom is -0.316 e. The van der Waals surface area contributed by atoms with Crippen LogP contribution in [-0.4, -0.2) is 44.8 Å². The molecule has 1 amide bonds. The second-order valence-electron chi connectivity index (χ2n) is 10.1. The van der Waals surface area contributed by atoms with Gasteiger partial charge < -0.3 is 9.47 Å². The first-order chi connectivity index (χ1) is 18.2. The van der Waals surface area contributed by atoms with Gasteiger partial charge in [0.2, 0.25) is 11.5 Å². The van der Waals surface area contributed by atoms with Gasteiger partial charge in [-0.25, -0.2) is 8.78 Å². The molecule has 0 N–H and O–H groups in total. The van der Waals surface area contributed by atoms with E-state index in [4.69, 9.17) is 0 Å². The Labute approximate surface area is 219 Å². The molecule has 0 unspecified atom stereocenters. The van der Waals surface area contributed by atoms with E-state index in [0.717, 1.165) is 34.0 Å². The van der Waals surface area contributed by atoms with Crippen molar-refractivity contribution in [2.75, 3.05) is 18.0 Å². The highest BCUT2D eigenvalue weighted by atomic mass is 19.4. The number of hydrogen-bond acceptors (Lipinski definition) is 4. The number of hydrogen-bond donors (Lipinski definition) is 0. The van der Waals surface area contributed by atoms with Crippen molar-refractivity contribution in [2.45, 2.75) is 50.4 Å². The van der Waals surface area contributed by atoms with E-state index in [2.05, 4.69) is 10.2 Å². The summed E-state index contributed by atoms with van der Waals surface area (Å²) >= 11 is 0. The Morgan fingerprint density at radius 1 is 1.08 bits per heavy atom. The summed E-state index contributed by atoms with van der Waals surface area (Å²) in [6.07, 6.45) is -4.56. The number of aryl methyl sites for hydroxylation is 1. The maximum absolute atomic E-state index is 15.8. The highest BCUT2D eigenvalue weighted by molar-refractivity contribution is 6.10. The van der Waals surface area contributed by atoms with Gasteiger partial charge in [-0.15, -0.1) is 10.2 Å². The number of aromatic nitrogens is 3. The number of likely N-dealkylation sites (tertiary alicyclic amines) is 1. The van der Waals surface area contributed by atoms with E-state index >= 15 is 13.2 Å². The normalized spacial score (nSPS) is 20.0. The Morgan fingerprint density at radius 2 is 1.82 bits per heavy atom. The fourth-order valence-electron chi connectivity index (χ4n) is 5.13. The molecule has 2 aliphatic heterocycles. The lowest BCUT2D eigenvalue weighted by atomic mass is 9.90. The van der Waals surface area contributed by atoms with Gasteiger partial charge in [0, 0.05) is 37.9 Å². The quantitative estimate of drug-likeness (QED) is 0.377. The molecule has 5 rings (SSSR count). The van der Waals surface area contributed by atoms with Crippen molar-refractivity contribution in [1.29, 1.82) is 0 Å². The van der Waals surface area contributed by atoms with E-state index in [-0.39, 0.29) is 41.9 Å². The summed E-state index contributed by atoms with van der Waals surface area (Å²) in [6.45, 7) is 0.692. The molecule has 0 saturated carbocycles. The van der Waals surface area contributed by atoms with Gasteiger partial charge >= 0.3 is 12.1 Å². The lowest BCUT2D eigenvalue weighted by molar-refractivity contribution is -0.149. The average molecular weight is 555 g/mol. The minimum absolute atomic E-state index is 0.0386. The van der Waals surface area contributed by atoms with Crippen LogP contribution in [0.1, 0.15) is 51.8 Å². The Balaban J connectivity index is 1.49. The lowest BCUT2D eigenvalue weighted by Gasteiger charge is -2.30. The molecular formula is C26H24F7N5O. The number of alkyl halides is 7. The number of carbonyl (C=O) groups is 1.